The van der Waals surface area contributed by atoms with Crippen molar-refractivity contribution in [1.29, 1.82) is 0 Å². The van der Waals surface area contributed by atoms with Gasteiger partial charge in [0.15, 0.2) is 0 Å². The molecular weight excluding hydrogens is 215 g/mol. The largest absolute Gasteiger partial charge is 0.363 e. The number of benzene rings is 1. The van der Waals surface area contributed by atoms with E-state index in [1.54, 1.807) is 6.07 Å². The Balaban J connectivity index is 2.29. The van der Waals surface area contributed by atoms with E-state index in [-0.39, 0.29) is 5.82 Å². The standard InChI is InChI=1S/C14H21FN2/c1-10(2)14-9-16-6-7-17(14)13-5-4-11(3)8-12(13)15/h4-5,8,10,14,16H,6-7,9H2,1-3H3. The van der Waals surface area contributed by atoms with E-state index in [1.807, 2.05) is 19.1 Å². The molecule has 0 radical (unpaired) electrons. The molecule has 1 aromatic carbocycles. The molecule has 1 N–H and O–H groups in total. The van der Waals surface area contributed by atoms with Gasteiger partial charge in [-0.15, -0.1) is 0 Å². The van der Waals surface area contributed by atoms with E-state index in [1.165, 1.54) is 0 Å². The number of piperazine rings is 1. The maximum Gasteiger partial charge on any atom is 0.146 e. The van der Waals surface area contributed by atoms with Gasteiger partial charge in [-0.1, -0.05) is 19.9 Å². The van der Waals surface area contributed by atoms with Crippen LogP contribution >= 0.6 is 0 Å². The summed E-state index contributed by atoms with van der Waals surface area (Å²) in [7, 11) is 0. The number of hydrogen-bond donors (Lipinski definition) is 1. The van der Waals surface area contributed by atoms with Gasteiger partial charge in [0.1, 0.15) is 5.82 Å². The number of nitrogens with one attached hydrogen (secondary N) is 1. The van der Waals surface area contributed by atoms with Crippen LogP contribution < -0.4 is 10.2 Å². The lowest BCUT2D eigenvalue weighted by Gasteiger charge is -2.40. The Bertz CT molecular complexity index is 390. The number of anilines is 1. The van der Waals surface area contributed by atoms with E-state index in [2.05, 4.69) is 24.1 Å². The smallest absolute Gasteiger partial charge is 0.146 e. The molecule has 0 aromatic heterocycles. The van der Waals surface area contributed by atoms with Crippen molar-refractivity contribution in [3.63, 3.8) is 0 Å². The van der Waals surface area contributed by atoms with Gasteiger partial charge in [0.05, 0.1) is 5.69 Å². The molecule has 94 valence electrons. The predicted molar refractivity (Wildman–Crippen MR) is 70.0 cm³/mol. The Labute approximate surface area is 103 Å². The predicted octanol–water partition coefficient (Wildman–Crippen LogP) is 2.57. The summed E-state index contributed by atoms with van der Waals surface area (Å²) in [6.07, 6.45) is 0. The van der Waals surface area contributed by atoms with Gasteiger partial charge < -0.3 is 10.2 Å². The van der Waals surface area contributed by atoms with Gasteiger partial charge in [-0.2, -0.15) is 0 Å². The first kappa shape index (κ1) is 12.4. The molecule has 2 nitrogen and oxygen atoms in total. The molecule has 1 atom stereocenters. The van der Waals surface area contributed by atoms with Crippen molar-refractivity contribution >= 4 is 5.69 Å². The number of nitrogens with zero attached hydrogens (tertiary/aromatic N) is 1. The summed E-state index contributed by atoms with van der Waals surface area (Å²) in [4.78, 5) is 2.20. The summed E-state index contributed by atoms with van der Waals surface area (Å²) in [6, 6.07) is 5.89. The highest BCUT2D eigenvalue weighted by molar-refractivity contribution is 5.50. The van der Waals surface area contributed by atoms with Crippen LogP contribution in [0.4, 0.5) is 10.1 Å². The minimum atomic E-state index is -0.0995. The highest BCUT2D eigenvalue weighted by Crippen LogP contribution is 2.25. The zero-order valence-corrected chi connectivity index (χ0v) is 10.8. The average molecular weight is 236 g/mol. The summed E-state index contributed by atoms with van der Waals surface area (Å²) in [5, 5.41) is 3.38. The molecule has 1 aliphatic heterocycles. The van der Waals surface area contributed by atoms with Crippen LogP contribution in [-0.4, -0.2) is 25.7 Å². The van der Waals surface area contributed by atoms with Crippen molar-refractivity contribution < 1.29 is 4.39 Å². The summed E-state index contributed by atoms with van der Waals surface area (Å²) < 4.78 is 14.0. The fraction of sp³-hybridized carbons (Fsp3) is 0.571. The SMILES string of the molecule is Cc1ccc(N2CCNCC2C(C)C)c(F)c1. The molecule has 3 heteroatoms. The first-order valence-electron chi connectivity index (χ1n) is 6.33. The Morgan fingerprint density at radius 1 is 1.41 bits per heavy atom. The minimum absolute atomic E-state index is 0.0995. The molecule has 1 heterocycles. The van der Waals surface area contributed by atoms with Crippen LogP contribution in [0.3, 0.4) is 0 Å². The second-order valence-electron chi connectivity index (χ2n) is 5.16. The van der Waals surface area contributed by atoms with E-state index >= 15 is 0 Å². The molecule has 0 spiro atoms. The third-order valence-electron chi connectivity index (χ3n) is 3.47. The maximum atomic E-state index is 14.0. The molecule has 0 saturated carbocycles. The second-order valence-corrected chi connectivity index (χ2v) is 5.16. The van der Waals surface area contributed by atoms with Crippen LogP contribution in [0.25, 0.3) is 0 Å². The minimum Gasteiger partial charge on any atom is -0.363 e. The van der Waals surface area contributed by atoms with Crippen LogP contribution in [0.15, 0.2) is 18.2 Å². The summed E-state index contributed by atoms with van der Waals surface area (Å²) in [6.45, 7) is 9.04. The molecule has 1 fully saturated rings. The Morgan fingerprint density at radius 2 is 2.18 bits per heavy atom. The zero-order chi connectivity index (χ0) is 12.4. The number of rotatable bonds is 2. The summed E-state index contributed by atoms with van der Waals surface area (Å²) >= 11 is 0. The van der Waals surface area contributed by atoms with Crippen molar-refractivity contribution in [3.8, 4) is 0 Å². The third-order valence-corrected chi connectivity index (χ3v) is 3.47. The lowest BCUT2D eigenvalue weighted by Crippen LogP contribution is -2.54. The lowest BCUT2D eigenvalue weighted by molar-refractivity contribution is 0.386. The normalized spacial score (nSPS) is 21.0. The molecule has 0 amide bonds. The van der Waals surface area contributed by atoms with Crippen LogP contribution in [-0.2, 0) is 0 Å². The molecule has 1 unspecified atom stereocenters. The van der Waals surface area contributed by atoms with Crippen LogP contribution in [0.2, 0.25) is 0 Å². The summed E-state index contributed by atoms with van der Waals surface area (Å²) in [5.41, 5.74) is 1.72. The van der Waals surface area contributed by atoms with Gasteiger partial charge in [-0.3, -0.25) is 0 Å². The zero-order valence-electron chi connectivity index (χ0n) is 10.8. The lowest BCUT2D eigenvalue weighted by atomic mass is 9.99. The topological polar surface area (TPSA) is 15.3 Å². The van der Waals surface area contributed by atoms with E-state index in [9.17, 15) is 4.39 Å². The molecular formula is C14H21FN2. The molecule has 0 aliphatic carbocycles. The van der Waals surface area contributed by atoms with E-state index in [0.717, 1.165) is 30.9 Å². The molecule has 1 aromatic rings. The number of hydrogen-bond acceptors (Lipinski definition) is 2. The highest BCUT2D eigenvalue weighted by Gasteiger charge is 2.26. The van der Waals surface area contributed by atoms with Crippen molar-refractivity contribution in [2.75, 3.05) is 24.5 Å². The average Bonchev–Trinajstić information content (AvgIpc) is 2.29. The molecule has 17 heavy (non-hydrogen) atoms. The monoisotopic (exact) mass is 236 g/mol. The Morgan fingerprint density at radius 3 is 2.82 bits per heavy atom. The molecule has 0 bridgehead atoms. The highest BCUT2D eigenvalue weighted by atomic mass is 19.1. The fourth-order valence-electron chi connectivity index (χ4n) is 2.47. The van der Waals surface area contributed by atoms with E-state index in [4.69, 9.17) is 0 Å². The van der Waals surface area contributed by atoms with Gasteiger partial charge in [0, 0.05) is 25.7 Å². The number of aryl methyl sites for hydroxylation is 1. The van der Waals surface area contributed by atoms with Crippen molar-refractivity contribution in [1.82, 2.24) is 5.32 Å². The van der Waals surface area contributed by atoms with Gasteiger partial charge >= 0.3 is 0 Å². The van der Waals surface area contributed by atoms with E-state index < -0.39 is 0 Å². The van der Waals surface area contributed by atoms with Gasteiger partial charge in [0.25, 0.3) is 0 Å². The van der Waals surface area contributed by atoms with Crippen molar-refractivity contribution in [3.05, 3.63) is 29.6 Å². The van der Waals surface area contributed by atoms with Gasteiger partial charge in [-0.25, -0.2) is 4.39 Å². The van der Waals surface area contributed by atoms with Gasteiger partial charge in [-0.05, 0) is 30.5 Å². The molecule has 1 saturated heterocycles. The van der Waals surface area contributed by atoms with Crippen LogP contribution in [0, 0.1) is 18.7 Å². The molecule has 2 rings (SSSR count). The third kappa shape index (κ3) is 2.60. The quantitative estimate of drug-likeness (QED) is 0.849. The maximum absolute atomic E-state index is 14.0. The van der Waals surface area contributed by atoms with Gasteiger partial charge in [0.2, 0.25) is 0 Å². The first-order chi connectivity index (χ1) is 8.09. The van der Waals surface area contributed by atoms with Crippen LogP contribution in [0.1, 0.15) is 19.4 Å². The Kier molecular flexibility index (Phi) is 3.67. The number of halogens is 1. The summed E-state index contributed by atoms with van der Waals surface area (Å²) in [5.74, 6) is 0.418. The Hall–Kier alpha value is -1.09. The fourth-order valence-corrected chi connectivity index (χ4v) is 2.47. The van der Waals surface area contributed by atoms with Crippen molar-refractivity contribution in [2.45, 2.75) is 26.8 Å². The second kappa shape index (κ2) is 5.05. The first-order valence-corrected chi connectivity index (χ1v) is 6.33. The van der Waals surface area contributed by atoms with E-state index in [0.29, 0.717) is 12.0 Å². The molecule has 1 aliphatic rings. The van der Waals surface area contributed by atoms with Crippen LogP contribution in [0.5, 0.6) is 0 Å². The van der Waals surface area contributed by atoms with Crippen molar-refractivity contribution in [2.24, 2.45) is 5.92 Å².